The Kier molecular flexibility index (Phi) is 4.19. The molecule has 98 valence electrons. The standard InChI is InChI=1S/C13H11ClN2O2S/c1-8(11-5-6-12(19-11)13(17)18)15-16-10-4-2-3-9(14)7-10/h2-7,16H,1H3,(H,17,18)/p-1/b15-8-. The van der Waals surface area contributed by atoms with Crippen molar-refractivity contribution in [3.05, 3.63) is 51.2 Å². The lowest BCUT2D eigenvalue weighted by Crippen LogP contribution is -2.20. The monoisotopic (exact) mass is 293 g/mol. The van der Waals surface area contributed by atoms with E-state index in [-0.39, 0.29) is 4.88 Å². The summed E-state index contributed by atoms with van der Waals surface area (Å²) in [5, 5.41) is 15.5. The van der Waals surface area contributed by atoms with Gasteiger partial charge < -0.3 is 9.90 Å². The maximum absolute atomic E-state index is 10.7. The maximum Gasteiger partial charge on any atom is 0.0815 e. The summed E-state index contributed by atoms with van der Waals surface area (Å²) < 4.78 is 0. The molecule has 0 saturated carbocycles. The molecule has 1 aromatic carbocycles. The Labute approximate surface area is 119 Å². The van der Waals surface area contributed by atoms with Crippen molar-refractivity contribution in [3.8, 4) is 0 Å². The Bertz CT molecular complexity index is 637. The quantitative estimate of drug-likeness (QED) is 0.696. The second kappa shape index (κ2) is 5.86. The van der Waals surface area contributed by atoms with Gasteiger partial charge >= 0.3 is 0 Å². The first-order valence-corrected chi connectivity index (χ1v) is 6.63. The number of nitrogens with one attached hydrogen (secondary N) is 1. The van der Waals surface area contributed by atoms with Crippen LogP contribution in [0.25, 0.3) is 0 Å². The van der Waals surface area contributed by atoms with Crippen molar-refractivity contribution in [1.29, 1.82) is 0 Å². The van der Waals surface area contributed by atoms with Gasteiger partial charge in [-0.2, -0.15) is 5.10 Å². The van der Waals surface area contributed by atoms with E-state index in [2.05, 4.69) is 10.5 Å². The summed E-state index contributed by atoms with van der Waals surface area (Å²) in [5.74, 6) is -1.17. The van der Waals surface area contributed by atoms with E-state index in [4.69, 9.17) is 11.6 Å². The van der Waals surface area contributed by atoms with Crippen LogP contribution in [-0.2, 0) is 0 Å². The van der Waals surface area contributed by atoms with Crippen LogP contribution in [-0.4, -0.2) is 11.7 Å². The third kappa shape index (κ3) is 3.56. The molecule has 0 saturated heterocycles. The molecular formula is C13H10ClN2O2S-. The van der Waals surface area contributed by atoms with Gasteiger partial charge in [0, 0.05) is 5.02 Å². The number of rotatable bonds is 4. The number of benzene rings is 1. The van der Waals surface area contributed by atoms with Crippen LogP contribution in [0.4, 0.5) is 5.69 Å². The largest absolute Gasteiger partial charge is 0.544 e. The number of aromatic carboxylic acids is 1. The van der Waals surface area contributed by atoms with Crippen LogP contribution in [0, 0.1) is 0 Å². The summed E-state index contributed by atoms with van der Waals surface area (Å²) in [4.78, 5) is 11.6. The molecule has 0 spiro atoms. The normalized spacial score (nSPS) is 11.4. The highest BCUT2D eigenvalue weighted by Gasteiger charge is 2.03. The third-order valence-electron chi connectivity index (χ3n) is 2.34. The van der Waals surface area contributed by atoms with Crippen molar-refractivity contribution in [2.45, 2.75) is 6.92 Å². The van der Waals surface area contributed by atoms with Crippen LogP contribution >= 0.6 is 22.9 Å². The highest BCUT2D eigenvalue weighted by Crippen LogP contribution is 2.18. The van der Waals surface area contributed by atoms with E-state index in [1.54, 1.807) is 25.1 Å². The number of anilines is 1. The van der Waals surface area contributed by atoms with E-state index in [1.165, 1.54) is 6.07 Å². The van der Waals surface area contributed by atoms with Crippen molar-refractivity contribution < 1.29 is 9.90 Å². The Morgan fingerprint density at radius 2 is 2.05 bits per heavy atom. The zero-order valence-electron chi connectivity index (χ0n) is 10.0. The van der Waals surface area contributed by atoms with Gasteiger partial charge in [-0.25, -0.2) is 0 Å². The SMILES string of the molecule is C/C(=N/Nc1cccc(Cl)c1)c1ccc(C(=O)[O-])s1. The van der Waals surface area contributed by atoms with E-state index >= 15 is 0 Å². The van der Waals surface area contributed by atoms with Crippen LogP contribution in [0.2, 0.25) is 5.02 Å². The predicted molar refractivity (Wildman–Crippen MR) is 75.9 cm³/mol. The molecule has 0 aliphatic rings. The molecule has 0 amide bonds. The van der Waals surface area contributed by atoms with Gasteiger partial charge in [0.15, 0.2) is 0 Å². The van der Waals surface area contributed by atoms with E-state index < -0.39 is 5.97 Å². The van der Waals surface area contributed by atoms with Crippen molar-refractivity contribution in [3.63, 3.8) is 0 Å². The number of carbonyl (C=O) groups is 1. The Hall–Kier alpha value is -1.85. The predicted octanol–water partition coefficient (Wildman–Crippen LogP) is 2.60. The number of hydrogen-bond donors (Lipinski definition) is 1. The Balaban J connectivity index is 2.12. The molecule has 1 heterocycles. The number of carboxylic acid groups (broad SMARTS) is 1. The molecule has 0 atom stereocenters. The number of thiophene rings is 1. The summed E-state index contributed by atoms with van der Waals surface area (Å²) in [6.45, 7) is 1.79. The van der Waals surface area contributed by atoms with Gasteiger partial charge in [-0.05, 0) is 37.3 Å². The number of hydrogen-bond acceptors (Lipinski definition) is 5. The van der Waals surface area contributed by atoms with E-state index in [9.17, 15) is 9.90 Å². The molecule has 0 radical (unpaired) electrons. The van der Waals surface area contributed by atoms with Crippen LogP contribution in [0.5, 0.6) is 0 Å². The first-order valence-electron chi connectivity index (χ1n) is 5.43. The molecule has 4 nitrogen and oxygen atoms in total. The fourth-order valence-corrected chi connectivity index (χ4v) is 2.38. The van der Waals surface area contributed by atoms with Gasteiger partial charge in [-0.3, -0.25) is 5.43 Å². The van der Waals surface area contributed by atoms with E-state index in [0.29, 0.717) is 10.7 Å². The molecule has 19 heavy (non-hydrogen) atoms. The number of nitrogens with zero attached hydrogens (tertiary/aromatic N) is 1. The second-order valence-corrected chi connectivity index (χ2v) is 5.29. The molecule has 0 unspecified atom stereocenters. The fraction of sp³-hybridized carbons (Fsp3) is 0.0769. The Morgan fingerprint density at radius 1 is 1.32 bits per heavy atom. The van der Waals surface area contributed by atoms with Gasteiger partial charge in [-0.15, -0.1) is 11.3 Å². The highest BCUT2D eigenvalue weighted by molar-refractivity contribution is 7.15. The van der Waals surface area contributed by atoms with Crippen LogP contribution in [0.1, 0.15) is 21.5 Å². The van der Waals surface area contributed by atoms with Gasteiger partial charge in [-0.1, -0.05) is 17.7 Å². The highest BCUT2D eigenvalue weighted by atomic mass is 35.5. The molecule has 0 fully saturated rings. The number of hydrazone groups is 1. The lowest BCUT2D eigenvalue weighted by atomic mass is 10.3. The van der Waals surface area contributed by atoms with Crippen LogP contribution in [0.3, 0.4) is 0 Å². The van der Waals surface area contributed by atoms with E-state index in [0.717, 1.165) is 21.9 Å². The van der Waals surface area contributed by atoms with E-state index in [1.807, 2.05) is 12.1 Å². The fourth-order valence-electron chi connectivity index (χ4n) is 1.40. The van der Waals surface area contributed by atoms with Gasteiger partial charge in [0.25, 0.3) is 0 Å². The molecule has 1 N–H and O–H groups in total. The van der Waals surface area contributed by atoms with Crippen molar-refractivity contribution in [1.82, 2.24) is 0 Å². The zero-order valence-corrected chi connectivity index (χ0v) is 11.6. The molecule has 1 aromatic heterocycles. The molecule has 2 aromatic rings. The first-order chi connectivity index (χ1) is 9.06. The summed E-state index contributed by atoms with van der Waals surface area (Å²) in [6.07, 6.45) is 0. The smallest absolute Gasteiger partial charge is 0.0815 e. The topological polar surface area (TPSA) is 64.5 Å². The minimum atomic E-state index is -1.17. The summed E-state index contributed by atoms with van der Waals surface area (Å²) >= 11 is 6.99. The lowest BCUT2D eigenvalue weighted by molar-refractivity contribution is -0.254. The number of carboxylic acids is 1. The van der Waals surface area contributed by atoms with Crippen molar-refractivity contribution in [2.75, 3.05) is 5.43 Å². The Morgan fingerprint density at radius 3 is 2.68 bits per heavy atom. The summed E-state index contributed by atoms with van der Waals surface area (Å²) in [5.41, 5.74) is 4.33. The molecule has 0 bridgehead atoms. The first kappa shape index (κ1) is 13.6. The summed E-state index contributed by atoms with van der Waals surface area (Å²) in [7, 11) is 0. The molecule has 6 heteroatoms. The van der Waals surface area contributed by atoms with Gasteiger partial charge in [0.2, 0.25) is 0 Å². The van der Waals surface area contributed by atoms with Crippen LogP contribution < -0.4 is 10.5 Å². The average Bonchev–Trinajstić information content (AvgIpc) is 2.86. The molecular weight excluding hydrogens is 284 g/mol. The second-order valence-electron chi connectivity index (χ2n) is 3.77. The van der Waals surface area contributed by atoms with Gasteiger partial charge in [0.1, 0.15) is 0 Å². The maximum atomic E-state index is 10.7. The summed E-state index contributed by atoms with van der Waals surface area (Å²) in [6, 6.07) is 10.4. The minimum absolute atomic E-state index is 0.187. The van der Waals surface area contributed by atoms with Crippen LogP contribution in [0.15, 0.2) is 41.5 Å². The number of carbonyl (C=O) groups excluding carboxylic acids is 1. The lowest BCUT2D eigenvalue weighted by Gasteiger charge is -2.02. The van der Waals surface area contributed by atoms with Crippen molar-refractivity contribution in [2.24, 2.45) is 5.10 Å². The average molecular weight is 294 g/mol. The molecule has 0 aliphatic carbocycles. The van der Waals surface area contributed by atoms with Crippen molar-refractivity contribution >= 4 is 40.3 Å². The molecule has 2 rings (SSSR count). The number of halogens is 1. The third-order valence-corrected chi connectivity index (χ3v) is 3.75. The van der Waals surface area contributed by atoms with Gasteiger partial charge in [0.05, 0.1) is 27.1 Å². The minimum Gasteiger partial charge on any atom is -0.544 e. The zero-order chi connectivity index (χ0) is 13.8. The molecule has 0 aliphatic heterocycles.